The predicted octanol–water partition coefficient (Wildman–Crippen LogP) is 3.05. The third-order valence-corrected chi connectivity index (χ3v) is 4.47. The molecule has 0 unspecified atom stereocenters. The molecule has 0 spiro atoms. The Morgan fingerprint density at radius 3 is 2.75 bits per heavy atom. The Morgan fingerprint density at radius 1 is 1.33 bits per heavy atom. The first-order valence-electron chi connectivity index (χ1n) is 8.81. The van der Waals surface area contributed by atoms with Crippen molar-refractivity contribution < 1.29 is 14.3 Å². The van der Waals surface area contributed by atoms with E-state index in [1.165, 1.54) is 13.3 Å². The second-order valence-electron chi connectivity index (χ2n) is 6.36. The SMILES string of the molecule is CCOc1ccccc1[C@H](CC(=O)N1CCCC[C@H]1C)NC(C)=O. The zero-order chi connectivity index (χ0) is 17.5. The van der Waals surface area contributed by atoms with Gasteiger partial charge in [0.25, 0.3) is 0 Å². The van der Waals surface area contributed by atoms with Gasteiger partial charge in [-0.1, -0.05) is 18.2 Å². The molecule has 2 atom stereocenters. The average Bonchev–Trinajstić information content (AvgIpc) is 2.55. The second-order valence-corrected chi connectivity index (χ2v) is 6.36. The molecule has 2 rings (SSSR count). The van der Waals surface area contributed by atoms with Crippen LogP contribution in [0.4, 0.5) is 0 Å². The van der Waals surface area contributed by atoms with Gasteiger partial charge in [0, 0.05) is 25.1 Å². The molecule has 1 fully saturated rings. The van der Waals surface area contributed by atoms with E-state index in [1.54, 1.807) is 0 Å². The smallest absolute Gasteiger partial charge is 0.225 e. The normalized spacial score (nSPS) is 18.8. The molecule has 0 bridgehead atoms. The van der Waals surface area contributed by atoms with Crippen LogP contribution in [0.2, 0.25) is 0 Å². The van der Waals surface area contributed by atoms with Crippen LogP contribution in [0.3, 0.4) is 0 Å². The first kappa shape index (κ1) is 18.3. The van der Waals surface area contributed by atoms with Crippen LogP contribution in [0, 0.1) is 0 Å². The lowest BCUT2D eigenvalue weighted by Gasteiger charge is -2.34. The van der Waals surface area contributed by atoms with Gasteiger partial charge in [-0.2, -0.15) is 0 Å². The maximum atomic E-state index is 12.8. The van der Waals surface area contributed by atoms with E-state index in [9.17, 15) is 9.59 Å². The number of nitrogens with one attached hydrogen (secondary N) is 1. The van der Waals surface area contributed by atoms with Gasteiger partial charge in [0.05, 0.1) is 19.1 Å². The number of benzene rings is 1. The molecular weight excluding hydrogens is 304 g/mol. The van der Waals surface area contributed by atoms with Crippen molar-refractivity contribution in [1.82, 2.24) is 10.2 Å². The van der Waals surface area contributed by atoms with E-state index in [0.717, 1.165) is 30.7 Å². The lowest BCUT2D eigenvalue weighted by molar-refractivity contribution is -0.135. The molecule has 24 heavy (non-hydrogen) atoms. The molecule has 1 saturated heterocycles. The molecule has 1 aliphatic heterocycles. The number of hydrogen-bond donors (Lipinski definition) is 1. The molecule has 1 aromatic carbocycles. The van der Waals surface area contributed by atoms with Gasteiger partial charge < -0.3 is 15.0 Å². The zero-order valence-corrected chi connectivity index (χ0v) is 14.9. The summed E-state index contributed by atoms with van der Waals surface area (Å²) in [5.41, 5.74) is 0.854. The summed E-state index contributed by atoms with van der Waals surface area (Å²) in [4.78, 5) is 26.4. The maximum Gasteiger partial charge on any atom is 0.225 e. The van der Waals surface area contributed by atoms with Gasteiger partial charge >= 0.3 is 0 Å². The molecule has 0 aromatic heterocycles. The van der Waals surface area contributed by atoms with Crippen molar-refractivity contribution in [3.8, 4) is 5.75 Å². The average molecular weight is 332 g/mol. The first-order valence-corrected chi connectivity index (χ1v) is 8.81. The first-order chi connectivity index (χ1) is 11.5. The molecule has 1 N–H and O–H groups in total. The van der Waals surface area contributed by atoms with E-state index >= 15 is 0 Å². The van der Waals surface area contributed by atoms with Crippen LogP contribution < -0.4 is 10.1 Å². The summed E-state index contributed by atoms with van der Waals surface area (Å²) >= 11 is 0. The fraction of sp³-hybridized carbons (Fsp3) is 0.579. The molecule has 1 aliphatic rings. The van der Waals surface area contributed by atoms with Crippen molar-refractivity contribution in [1.29, 1.82) is 0 Å². The second kappa shape index (κ2) is 8.71. The van der Waals surface area contributed by atoms with Gasteiger partial charge in [0.15, 0.2) is 0 Å². The highest BCUT2D eigenvalue weighted by atomic mass is 16.5. The molecule has 1 aromatic rings. The summed E-state index contributed by atoms with van der Waals surface area (Å²) in [6.45, 7) is 6.84. The molecule has 5 nitrogen and oxygen atoms in total. The highest BCUT2D eigenvalue weighted by Crippen LogP contribution is 2.29. The summed E-state index contributed by atoms with van der Waals surface area (Å²) < 4.78 is 5.67. The zero-order valence-electron chi connectivity index (χ0n) is 14.9. The van der Waals surface area contributed by atoms with Crippen molar-refractivity contribution in [2.75, 3.05) is 13.2 Å². The Hall–Kier alpha value is -2.04. The third kappa shape index (κ3) is 4.73. The molecule has 1 heterocycles. The van der Waals surface area contributed by atoms with Crippen molar-refractivity contribution in [3.63, 3.8) is 0 Å². The minimum absolute atomic E-state index is 0.0900. The van der Waals surface area contributed by atoms with Crippen LogP contribution >= 0.6 is 0 Å². The number of hydrogen-bond acceptors (Lipinski definition) is 3. The molecule has 2 amide bonds. The lowest BCUT2D eigenvalue weighted by atomic mass is 9.99. The number of nitrogens with zero attached hydrogens (tertiary/aromatic N) is 1. The van der Waals surface area contributed by atoms with Gasteiger partial charge in [-0.25, -0.2) is 0 Å². The van der Waals surface area contributed by atoms with E-state index < -0.39 is 0 Å². The quantitative estimate of drug-likeness (QED) is 0.871. The number of piperidine rings is 1. The van der Waals surface area contributed by atoms with Crippen molar-refractivity contribution >= 4 is 11.8 Å². The van der Waals surface area contributed by atoms with E-state index in [0.29, 0.717) is 6.61 Å². The van der Waals surface area contributed by atoms with Crippen LogP contribution in [-0.4, -0.2) is 35.9 Å². The molecule has 0 aliphatic carbocycles. The number of para-hydroxylation sites is 1. The van der Waals surface area contributed by atoms with Crippen LogP contribution in [0.5, 0.6) is 5.75 Å². The van der Waals surface area contributed by atoms with E-state index in [1.807, 2.05) is 36.1 Å². The maximum absolute atomic E-state index is 12.8. The molecule has 132 valence electrons. The van der Waals surface area contributed by atoms with Crippen molar-refractivity contribution in [2.45, 2.75) is 58.5 Å². The third-order valence-electron chi connectivity index (χ3n) is 4.47. The fourth-order valence-corrected chi connectivity index (χ4v) is 3.30. The van der Waals surface area contributed by atoms with Gasteiger partial charge in [-0.05, 0) is 39.2 Å². The van der Waals surface area contributed by atoms with E-state index in [4.69, 9.17) is 4.74 Å². The standard InChI is InChI=1S/C19H28N2O3/c1-4-24-18-11-6-5-10-16(18)17(20-15(3)22)13-19(23)21-12-8-7-9-14(21)2/h5-6,10-11,14,17H,4,7-9,12-13H2,1-3H3,(H,20,22)/t14-,17+/m1/s1. The van der Waals surface area contributed by atoms with Crippen LogP contribution in [0.25, 0.3) is 0 Å². The molecular formula is C19H28N2O3. The highest BCUT2D eigenvalue weighted by molar-refractivity contribution is 5.79. The Kier molecular flexibility index (Phi) is 6.64. The largest absolute Gasteiger partial charge is 0.494 e. The monoisotopic (exact) mass is 332 g/mol. The van der Waals surface area contributed by atoms with Gasteiger partial charge in [0.1, 0.15) is 5.75 Å². The minimum Gasteiger partial charge on any atom is -0.494 e. The minimum atomic E-state index is -0.369. The van der Waals surface area contributed by atoms with Crippen molar-refractivity contribution in [3.05, 3.63) is 29.8 Å². The van der Waals surface area contributed by atoms with Crippen LogP contribution in [0.1, 0.15) is 58.1 Å². The Labute approximate surface area is 144 Å². The fourth-order valence-electron chi connectivity index (χ4n) is 3.30. The number of amides is 2. The topological polar surface area (TPSA) is 58.6 Å². The predicted molar refractivity (Wildman–Crippen MR) is 93.8 cm³/mol. The summed E-state index contributed by atoms with van der Waals surface area (Å²) in [6, 6.07) is 7.49. The molecule has 0 radical (unpaired) electrons. The van der Waals surface area contributed by atoms with Gasteiger partial charge in [-0.15, -0.1) is 0 Å². The Bertz CT molecular complexity index is 573. The number of carbonyl (C=O) groups is 2. The number of likely N-dealkylation sites (tertiary alicyclic amines) is 1. The summed E-state index contributed by atoms with van der Waals surface area (Å²) in [5, 5.41) is 2.91. The summed E-state index contributed by atoms with van der Waals surface area (Å²) in [6.07, 6.45) is 3.53. The number of carbonyl (C=O) groups excluding carboxylic acids is 2. The summed E-state index contributed by atoms with van der Waals surface area (Å²) in [7, 11) is 0. The summed E-state index contributed by atoms with van der Waals surface area (Å²) in [5.74, 6) is 0.663. The molecule has 5 heteroatoms. The van der Waals surface area contributed by atoms with E-state index in [2.05, 4.69) is 12.2 Å². The van der Waals surface area contributed by atoms with Crippen LogP contribution in [0.15, 0.2) is 24.3 Å². The molecule has 0 saturated carbocycles. The Morgan fingerprint density at radius 2 is 2.08 bits per heavy atom. The number of ether oxygens (including phenoxy) is 1. The van der Waals surface area contributed by atoms with Crippen LogP contribution in [-0.2, 0) is 9.59 Å². The highest BCUT2D eigenvalue weighted by Gasteiger charge is 2.27. The van der Waals surface area contributed by atoms with Crippen molar-refractivity contribution in [2.24, 2.45) is 0 Å². The number of rotatable bonds is 6. The van der Waals surface area contributed by atoms with E-state index in [-0.39, 0.29) is 30.3 Å². The lowest BCUT2D eigenvalue weighted by Crippen LogP contribution is -2.43. The van der Waals surface area contributed by atoms with Gasteiger partial charge in [0.2, 0.25) is 11.8 Å². The Balaban J connectivity index is 2.19. The van der Waals surface area contributed by atoms with Gasteiger partial charge in [-0.3, -0.25) is 9.59 Å².